The Bertz CT molecular complexity index is 495. The molecule has 0 bridgehead atoms. The molecule has 2 aliphatic carbocycles. The molecule has 3 rings (SSSR count). The molecule has 0 heterocycles. The van der Waals surface area contributed by atoms with E-state index in [2.05, 4.69) is 12.1 Å². The first-order valence-corrected chi connectivity index (χ1v) is 8.07. The highest BCUT2D eigenvalue weighted by atomic mass is 35.5. The lowest BCUT2D eigenvalue weighted by Crippen LogP contribution is -2.08. The van der Waals surface area contributed by atoms with Crippen LogP contribution in [0.25, 0.3) is 0 Å². The van der Waals surface area contributed by atoms with Crippen LogP contribution in [0.5, 0.6) is 0 Å². The molecule has 0 aliphatic heterocycles. The molecule has 0 radical (unpaired) electrons. The number of benzene rings is 1. The molecule has 4 heteroatoms. The molecule has 2 nitrogen and oxygen atoms in total. The summed E-state index contributed by atoms with van der Waals surface area (Å²) >= 11 is 8.18. The molecule has 0 amide bonds. The van der Waals surface area contributed by atoms with E-state index in [0.717, 1.165) is 33.6 Å². The van der Waals surface area contributed by atoms with Gasteiger partial charge in [-0.25, -0.2) is 0 Å². The average Bonchev–Trinajstić information content (AvgIpc) is 3.23. The van der Waals surface area contributed by atoms with Crippen molar-refractivity contribution >= 4 is 29.3 Å². The van der Waals surface area contributed by atoms with Gasteiger partial charge in [-0.3, -0.25) is 4.79 Å². The first-order valence-electron chi connectivity index (χ1n) is 6.81. The number of thioether (sulfide) groups is 1. The summed E-state index contributed by atoms with van der Waals surface area (Å²) in [5.41, 5.74) is 1.09. The van der Waals surface area contributed by atoms with E-state index in [1.165, 1.54) is 12.8 Å². The quantitative estimate of drug-likeness (QED) is 0.836. The fourth-order valence-corrected chi connectivity index (χ4v) is 3.82. The molecule has 0 aromatic heterocycles. The van der Waals surface area contributed by atoms with E-state index >= 15 is 0 Å². The number of aliphatic carboxylic acids is 1. The minimum atomic E-state index is -0.718. The van der Waals surface area contributed by atoms with Crippen LogP contribution in [0, 0.1) is 5.92 Å². The van der Waals surface area contributed by atoms with Gasteiger partial charge in [0.05, 0.1) is 11.4 Å². The maximum atomic E-state index is 11.0. The first kappa shape index (κ1) is 13.3. The maximum Gasteiger partial charge on any atom is 0.303 e. The van der Waals surface area contributed by atoms with Crippen LogP contribution in [0.2, 0.25) is 5.02 Å². The van der Waals surface area contributed by atoms with Crippen LogP contribution in [0.3, 0.4) is 0 Å². The van der Waals surface area contributed by atoms with Gasteiger partial charge in [-0.15, -0.1) is 11.8 Å². The third-order valence-electron chi connectivity index (χ3n) is 3.79. The summed E-state index contributed by atoms with van der Waals surface area (Å²) in [5.74, 6) is -0.0477. The highest BCUT2D eigenvalue weighted by Crippen LogP contribution is 2.47. The normalized spacial score (nSPS) is 20.3. The first-order chi connectivity index (χ1) is 9.13. The van der Waals surface area contributed by atoms with E-state index in [0.29, 0.717) is 5.92 Å². The molecule has 0 saturated heterocycles. The number of hydrogen-bond acceptors (Lipinski definition) is 2. The van der Waals surface area contributed by atoms with Crippen LogP contribution in [-0.2, 0) is 4.79 Å². The van der Waals surface area contributed by atoms with Gasteiger partial charge in [0.15, 0.2) is 0 Å². The molecular formula is C15H17ClO2S. The largest absolute Gasteiger partial charge is 0.481 e. The topological polar surface area (TPSA) is 37.3 Å². The number of carboxylic acids is 1. The van der Waals surface area contributed by atoms with Gasteiger partial charge < -0.3 is 5.11 Å². The van der Waals surface area contributed by atoms with Crippen molar-refractivity contribution in [3.63, 3.8) is 0 Å². The van der Waals surface area contributed by atoms with E-state index in [4.69, 9.17) is 16.7 Å². The highest BCUT2D eigenvalue weighted by Gasteiger charge is 2.34. The Labute approximate surface area is 122 Å². The number of rotatable bonds is 6. The summed E-state index contributed by atoms with van der Waals surface area (Å²) in [4.78, 5) is 12.1. The van der Waals surface area contributed by atoms with E-state index in [1.54, 1.807) is 0 Å². The summed E-state index contributed by atoms with van der Waals surface area (Å²) in [5, 5.41) is 10.6. The van der Waals surface area contributed by atoms with Gasteiger partial charge in [0, 0.05) is 10.1 Å². The predicted molar refractivity (Wildman–Crippen MR) is 78.0 cm³/mol. The monoisotopic (exact) mass is 296 g/mol. The summed E-state index contributed by atoms with van der Waals surface area (Å²) in [6.07, 6.45) is 5.08. The fraction of sp³-hybridized carbons (Fsp3) is 0.533. The van der Waals surface area contributed by atoms with Crippen molar-refractivity contribution < 1.29 is 9.90 Å². The zero-order valence-corrected chi connectivity index (χ0v) is 12.2. The van der Waals surface area contributed by atoms with Crippen molar-refractivity contribution in [2.45, 2.75) is 48.2 Å². The highest BCUT2D eigenvalue weighted by molar-refractivity contribution is 8.00. The average molecular weight is 297 g/mol. The lowest BCUT2D eigenvalue weighted by Gasteiger charge is -2.16. The standard InChI is InChI=1S/C15H17ClO2S/c16-13-7-10(3-6-14(13)19-11-4-5-11)12(8-15(17)18)9-1-2-9/h3,6-7,9,11-12H,1-2,4-5,8H2,(H,17,18). The van der Waals surface area contributed by atoms with Crippen molar-refractivity contribution in [2.24, 2.45) is 5.92 Å². The summed E-state index contributed by atoms with van der Waals surface area (Å²) in [7, 11) is 0. The van der Waals surface area contributed by atoms with Gasteiger partial charge in [0.2, 0.25) is 0 Å². The molecule has 2 aliphatic rings. The SMILES string of the molecule is O=C(O)CC(c1ccc(SC2CC2)c(Cl)c1)C1CC1. The summed E-state index contributed by atoms with van der Waals surface area (Å²) < 4.78 is 0. The second-order valence-electron chi connectivity index (χ2n) is 5.55. The zero-order valence-electron chi connectivity index (χ0n) is 10.6. The molecule has 1 N–H and O–H groups in total. The number of hydrogen-bond donors (Lipinski definition) is 1. The van der Waals surface area contributed by atoms with Crippen LogP contribution >= 0.6 is 23.4 Å². The molecule has 1 atom stereocenters. The van der Waals surface area contributed by atoms with Crippen molar-refractivity contribution in [1.29, 1.82) is 0 Å². The van der Waals surface area contributed by atoms with Crippen LogP contribution in [0.4, 0.5) is 0 Å². The van der Waals surface area contributed by atoms with Gasteiger partial charge in [0.1, 0.15) is 0 Å². The molecule has 0 spiro atoms. The summed E-state index contributed by atoms with van der Waals surface area (Å²) in [6.45, 7) is 0. The van der Waals surface area contributed by atoms with E-state index < -0.39 is 5.97 Å². The fourth-order valence-electron chi connectivity index (χ4n) is 2.45. The zero-order chi connectivity index (χ0) is 13.4. The van der Waals surface area contributed by atoms with Gasteiger partial charge in [-0.05, 0) is 55.2 Å². The van der Waals surface area contributed by atoms with Crippen molar-refractivity contribution in [3.05, 3.63) is 28.8 Å². The second-order valence-corrected chi connectivity index (χ2v) is 7.30. The lowest BCUT2D eigenvalue weighted by molar-refractivity contribution is -0.137. The Hall–Kier alpha value is -0.670. The second kappa shape index (κ2) is 5.37. The minimum Gasteiger partial charge on any atom is -0.481 e. The smallest absolute Gasteiger partial charge is 0.303 e. The minimum absolute atomic E-state index is 0.134. The van der Waals surface area contributed by atoms with Crippen LogP contribution < -0.4 is 0 Å². The van der Waals surface area contributed by atoms with Crippen molar-refractivity contribution in [2.75, 3.05) is 0 Å². The van der Waals surface area contributed by atoms with Gasteiger partial charge >= 0.3 is 5.97 Å². The van der Waals surface area contributed by atoms with Crippen LogP contribution in [-0.4, -0.2) is 16.3 Å². The van der Waals surface area contributed by atoms with Gasteiger partial charge in [0.25, 0.3) is 0 Å². The van der Waals surface area contributed by atoms with E-state index in [1.807, 2.05) is 17.8 Å². The molecule has 1 aromatic rings. The van der Waals surface area contributed by atoms with E-state index in [-0.39, 0.29) is 12.3 Å². The number of halogens is 1. The van der Waals surface area contributed by atoms with Gasteiger partial charge in [-0.1, -0.05) is 17.7 Å². The lowest BCUT2D eigenvalue weighted by atomic mass is 9.91. The summed E-state index contributed by atoms with van der Waals surface area (Å²) in [6, 6.07) is 6.12. The Morgan fingerprint density at radius 3 is 2.63 bits per heavy atom. The molecule has 1 aromatic carbocycles. The van der Waals surface area contributed by atoms with Crippen molar-refractivity contribution in [3.8, 4) is 0 Å². The number of carboxylic acid groups (broad SMARTS) is 1. The molecule has 2 fully saturated rings. The molecule has 19 heavy (non-hydrogen) atoms. The molecule has 102 valence electrons. The Kier molecular flexibility index (Phi) is 3.77. The van der Waals surface area contributed by atoms with Crippen molar-refractivity contribution in [1.82, 2.24) is 0 Å². The van der Waals surface area contributed by atoms with E-state index in [9.17, 15) is 4.79 Å². The third-order valence-corrected chi connectivity index (χ3v) is 5.63. The Morgan fingerprint density at radius 1 is 1.37 bits per heavy atom. The maximum absolute atomic E-state index is 11.0. The van der Waals surface area contributed by atoms with Crippen LogP contribution in [0.1, 0.15) is 43.6 Å². The Morgan fingerprint density at radius 2 is 2.11 bits per heavy atom. The third kappa shape index (κ3) is 3.46. The number of carbonyl (C=O) groups is 1. The molecule has 2 saturated carbocycles. The molecule has 1 unspecified atom stereocenters. The molecular weight excluding hydrogens is 280 g/mol. The predicted octanol–water partition coefficient (Wildman–Crippen LogP) is 4.56. The van der Waals surface area contributed by atoms with Crippen LogP contribution in [0.15, 0.2) is 23.1 Å². The Balaban J connectivity index is 1.78. The van der Waals surface area contributed by atoms with Gasteiger partial charge in [-0.2, -0.15) is 0 Å².